The number of ether oxygens (including phenoxy) is 1. The third-order valence-corrected chi connectivity index (χ3v) is 3.91. The first-order chi connectivity index (χ1) is 13.5. The Morgan fingerprint density at radius 3 is 2.29 bits per heavy atom. The van der Waals surface area contributed by atoms with E-state index in [2.05, 4.69) is 16.0 Å². The van der Waals surface area contributed by atoms with Crippen LogP contribution in [0.4, 0.5) is 11.4 Å². The van der Waals surface area contributed by atoms with Crippen molar-refractivity contribution in [2.45, 2.75) is 0 Å². The van der Waals surface area contributed by atoms with Crippen molar-refractivity contribution in [3.8, 4) is 5.75 Å². The molecule has 0 bridgehead atoms. The van der Waals surface area contributed by atoms with E-state index in [1.807, 2.05) is 0 Å². The Balaban J connectivity index is 1.55. The topological polar surface area (TPSA) is 92.6 Å². The van der Waals surface area contributed by atoms with Crippen LogP contribution in [0.2, 0.25) is 0 Å². The lowest BCUT2D eigenvalue weighted by Gasteiger charge is -2.11. The van der Waals surface area contributed by atoms with E-state index in [0.717, 1.165) is 0 Å². The maximum atomic E-state index is 12.3. The molecule has 8 heteroatoms. The number of thiocarbonyl (C=S) groups is 1. The van der Waals surface area contributed by atoms with Gasteiger partial charge in [-0.2, -0.15) is 0 Å². The number of hydrogen-bond donors (Lipinski definition) is 3. The number of carbonyl (C=O) groups excluding carboxylic acids is 2. The summed E-state index contributed by atoms with van der Waals surface area (Å²) >= 11 is 5.17. The Bertz CT molecular complexity index is 985. The molecule has 0 unspecified atom stereocenters. The van der Waals surface area contributed by atoms with E-state index in [1.54, 1.807) is 60.7 Å². The van der Waals surface area contributed by atoms with E-state index in [-0.39, 0.29) is 22.7 Å². The highest BCUT2D eigenvalue weighted by atomic mass is 32.1. The van der Waals surface area contributed by atoms with Crippen molar-refractivity contribution in [3.63, 3.8) is 0 Å². The Labute approximate surface area is 166 Å². The number of carbonyl (C=O) groups is 2. The highest BCUT2D eigenvalue weighted by Crippen LogP contribution is 2.15. The van der Waals surface area contributed by atoms with E-state index in [1.165, 1.54) is 13.4 Å². The average molecular weight is 395 g/mol. The third-order valence-electron chi connectivity index (χ3n) is 3.70. The monoisotopic (exact) mass is 395 g/mol. The highest BCUT2D eigenvalue weighted by molar-refractivity contribution is 7.80. The van der Waals surface area contributed by atoms with Gasteiger partial charge in [-0.15, -0.1) is 0 Å². The van der Waals surface area contributed by atoms with Crippen LogP contribution in [0.5, 0.6) is 5.75 Å². The smallest absolute Gasteiger partial charge is 0.291 e. The minimum atomic E-state index is -0.348. The van der Waals surface area contributed by atoms with Gasteiger partial charge < -0.3 is 19.8 Å². The summed E-state index contributed by atoms with van der Waals surface area (Å²) in [4.78, 5) is 24.2. The van der Waals surface area contributed by atoms with Gasteiger partial charge in [0.1, 0.15) is 5.75 Å². The minimum Gasteiger partial charge on any atom is -0.497 e. The number of nitrogens with one attached hydrogen (secondary N) is 3. The number of hydrogen-bond acceptors (Lipinski definition) is 5. The molecule has 0 spiro atoms. The normalized spacial score (nSPS) is 10.0. The fourth-order valence-electron chi connectivity index (χ4n) is 2.34. The molecule has 7 nitrogen and oxygen atoms in total. The number of amides is 2. The van der Waals surface area contributed by atoms with Crippen molar-refractivity contribution in [2.75, 3.05) is 17.7 Å². The molecule has 142 valence electrons. The van der Waals surface area contributed by atoms with Crippen LogP contribution in [0.1, 0.15) is 20.9 Å². The molecule has 1 heterocycles. The van der Waals surface area contributed by atoms with Crippen LogP contribution in [-0.4, -0.2) is 24.0 Å². The van der Waals surface area contributed by atoms with Crippen LogP contribution in [0.3, 0.4) is 0 Å². The SMILES string of the molecule is COc1cccc(C(=O)NC(=S)Nc2ccc(NC(=O)c3ccco3)cc2)c1. The molecule has 0 saturated heterocycles. The van der Waals surface area contributed by atoms with Crippen molar-refractivity contribution < 1.29 is 18.7 Å². The molecule has 0 aliphatic heterocycles. The Hall–Kier alpha value is -3.65. The molecule has 28 heavy (non-hydrogen) atoms. The van der Waals surface area contributed by atoms with Crippen LogP contribution < -0.4 is 20.7 Å². The molecule has 2 aromatic carbocycles. The number of anilines is 2. The molecule has 3 rings (SSSR count). The van der Waals surface area contributed by atoms with E-state index >= 15 is 0 Å². The molecule has 0 aliphatic rings. The molecule has 2 amide bonds. The summed E-state index contributed by atoms with van der Waals surface area (Å²) in [7, 11) is 1.53. The highest BCUT2D eigenvalue weighted by Gasteiger charge is 2.10. The molecule has 1 aromatic heterocycles. The molecule has 0 atom stereocenters. The maximum Gasteiger partial charge on any atom is 0.291 e. The first kappa shape index (κ1) is 19.1. The van der Waals surface area contributed by atoms with Gasteiger partial charge in [0.25, 0.3) is 11.8 Å². The van der Waals surface area contributed by atoms with Gasteiger partial charge in [-0.1, -0.05) is 6.07 Å². The third kappa shape index (κ3) is 4.95. The summed E-state index contributed by atoms with van der Waals surface area (Å²) in [5, 5.41) is 8.39. The average Bonchev–Trinajstić information content (AvgIpc) is 3.24. The van der Waals surface area contributed by atoms with E-state index in [0.29, 0.717) is 22.7 Å². The first-order valence-corrected chi connectivity index (χ1v) is 8.67. The number of methoxy groups -OCH3 is 1. The molecule has 3 aromatic rings. The molecule has 0 aliphatic carbocycles. The minimum absolute atomic E-state index is 0.153. The molecular formula is C20H17N3O4S. The summed E-state index contributed by atoms with van der Waals surface area (Å²) in [5.74, 6) is 0.118. The van der Waals surface area contributed by atoms with Crippen molar-refractivity contribution in [1.29, 1.82) is 0 Å². The van der Waals surface area contributed by atoms with Gasteiger partial charge >= 0.3 is 0 Å². The van der Waals surface area contributed by atoms with Crippen LogP contribution in [0.25, 0.3) is 0 Å². The first-order valence-electron chi connectivity index (χ1n) is 8.26. The van der Waals surface area contributed by atoms with E-state index in [9.17, 15) is 9.59 Å². The van der Waals surface area contributed by atoms with Crippen LogP contribution in [0.15, 0.2) is 71.3 Å². The number of furan rings is 1. The Morgan fingerprint density at radius 2 is 1.64 bits per heavy atom. The summed E-state index contributed by atoms with van der Waals surface area (Å²) in [6.07, 6.45) is 1.43. The van der Waals surface area contributed by atoms with Crippen LogP contribution in [-0.2, 0) is 0 Å². The van der Waals surface area contributed by atoms with Gasteiger partial charge in [0.15, 0.2) is 10.9 Å². The van der Waals surface area contributed by atoms with Crippen LogP contribution >= 0.6 is 12.2 Å². The number of benzene rings is 2. The summed E-state index contributed by atoms with van der Waals surface area (Å²) < 4.78 is 10.1. The predicted octanol–water partition coefficient (Wildman–Crippen LogP) is 3.67. The van der Waals surface area contributed by atoms with Gasteiger partial charge in [-0.25, -0.2) is 0 Å². The quantitative estimate of drug-likeness (QED) is 0.571. The van der Waals surface area contributed by atoms with Gasteiger partial charge in [-0.3, -0.25) is 14.9 Å². The number of rotatable bonds is 5. The molecule has 0 fully saturated rings. The summed E-state index contributed by atoms with van der Waals surface area (Å²) in [6, 6.07) is 16.8. The summed E-state index contributed by atoms with van der Waals surface area (Å²) in [6.45, 7) is 0. The zero-order valence-corrected chi connectivity index (χ0v) is 15.7. The molecule has 0 radical (unpaired) electrons. The zero-order chi connectivity index (χ0) is 19.9. The van der Waals surface area contributed by atoms with E-state index in [4.69, 9.17) is 21.4 Å². The lowest BCUT2D eigenvalue weighted by molar-refractivity contribution is 0.0974. The second-order valence-corrected chi connectivity index (χ2v) is 6.06. The van der Waals surface area contributed by atoms with Gasteiger partial charge in [0.2, 0.25) is 0 Å². The maximum absolute atomic E-state index is 12.3. The molecule has 0 saturated carbocycles. The van der Waals surface area contributed by atoms with Gasteiger partial charge in [0, 0.05) is 16.9 Å². The Kier molecular flexibility index (Phi) is 6.03. The summed E-state index contributed by atoms with van der Waals surface area (Å²) in [5.41, 5.74) is 1.68. The van der Waals surface area contributed by atoms with Crippen molar-refractivity contribution in [1.82, 2.24) is 5.32 Å². The van der Waals surface area contributed by atoms with Crippen molar-refractivity contribution >= 4 is 40.5 Å². The van der Waals surface area contributed by atoms with Crippen LogP contribution in [0, 0.1) is 0 Å². The zero-order valence-electron chi connectivity index (χ0n) is 14.9. The fraction of sp³-hybridized carbons (Fsp3) is 0.0500. The fourth-order valence-corrected chi connectivity index (χ4v) is 2.55. The molecule has 3 N–H and O–H groups in total. The van der Waals surface area contributed by atoms with Crippen molar-refractivity contribution in [3.05, 3.63) is 78.3 Å². The van der Waals surface area contributed by atoms with E-state index < -0.39 is 0 Å². The Morgan fingerprint density at radius 1 is 0.929 bits per heavy atom. The second-order valence-electron chi connectivity index (χ2n) is 5.65. The lowest BCUT2D eigenvalue weighted by Crippen LogP contribution is -2.34. The predicted molar refractivity (Wildman–Crippen MR) is 110 cm³/mol. The second kappa shape index (κ2) is 8.83. The standard InChI is InChI=1S/C20H17N3O4S/c1-26-16-5-2-4-13(12-16)18(24)23-20(28)22-15-9-7-14(8-10-15)21-19(25)17-6-3-11-27-17/h2-12H,1H3,(H,21,25)(H2,22,23,24,28). The van der Waals surface area contributed by atoms with Gasteiger partial charge in [-0.05, 0) is 66.8 Å². The lowest BCUT2D eigenvalue weighted by atomic mass is 10.2. The largest absolute Gasteiger partial charge is 0.497 e. The molecular weight excluding hydrogens is 378 g/mol. The van der Waals surface area contributed by atoms with Crippen molar-refractivity contribution in [2.24, 2.45) is 0 Å². The van der Waals surface area contributed by atoms with Gasteiger partial charge in [0.05, 0.1) is 13.4 Å².